The second-order valence-electron chi connectivity index (χ2n) is 10.1. The number of nitrogens with one attached hydrogen (secondary N) is 2. The molecule has 4 nitrogen and oxygen atoms in total. The van der Waals surface area contributed by atoms with Gasteiger partial charge in [-0.2, -0.15) is 0 Å². The zero-order valence-electron chi connectivity index (χ0n) is 21.5. The van der Waals surface area contributed by atoms with Crippen molar-refractivity contribution in [3.63, 3.8) is 0 Å². The van der Waals surface area contributed by atoms with Gasteiger partial charge < -0.3 is 10.6 Å². The first-order valence-electron chi connectivity index (χ1n) is 14.3. The molecule has 188 valence electrons. The Labute approximate surface area is 199 Å². The van der Waals surface area contributed by atoms with E-state index < -0.39 is 0 Å². The average molecular weight is 451 g/mol. The van der Waals surface area contributed by atoms with Crippen LogP contribution in [-0.2, 0) is 9.59 Å². The number of rotatable bonds is 20. The van der Waals surface area contributed by atoms with E-state index >= 15 is 0 Å². The SMILES string of the molecule is CCCCCCCCCCC(=O)N[C@@H]1CCCC[C@H]1NC(=O)CCCCCCCCCC. The third-order valence-electron chi connectivity index (χ3n) is 6.97. The van der Waals surface area contributed by atoms with Crippen LogP contribution in [0.5, 0.6) is 0 Å². The van der Waals surface area contributed by atoms with Crippen LogP contribution in [0.3, 0.4) is 0 Å². The van der Waals surface area contributed by atoms with E-state index in [0.29, 0.717) is 12.8 Å². The number of carbonyl (C=O) groups excluding carboxylic acids is 2. The summed E-state index contributed by atoms with van der Waals surface area (Å²) in [6.45, 7) is 4.50. The highest BCUT2D eigenvalue weighted by Gasteiger charge is 2.27. The number of unbranched alkanes of at least 4 members (excludes halogenated alkanes) is 14. The van der Waals surface area contributed by atoms with E-state index in [2.05, 4.69) is 24.5 Å². The van der Waals surface area contributed by atoms with Crippen LogP contribution in [0.15, 0.2) is 0 Å². The van der Waals surface area contributed by atoms with Gasteiger partial charge in [0.25, 0.3) is 0 Å². The monoisotopic (exact) mass is 450 g/mol. The minimum atomic E-state index is 0.118. The predicted octanol–water partition coefficient (Wildman–Crippen LogP) is 7.59. The molecule has 1 saturated carbocycles. The average Bonchev–Trinajstić information content (AvgIpc) is 2.78. The molecule has 0 saturated heterocycles. The van der Waals surface area contributed by atoms with E-state index in [0.717, 1.165) is 51.4 Å². The van der Waals surface area contributed by atoms with Gasteiger partial charge in [-0.05, 0) is 25.7 Å². The Morgan fingerprint density at radius 3 is 1.19 bits per heavy atom. The van der Waals surface area contributed by atoms with Crippen LogP contribution in [0.25, 0.3) is 0 Å². The summed E-state index contributed by atoms with van der Waals surface area (Å²) < 4.78 is 0. The first-order valence-corrected chi connectivity index (χ1v) is 14.3. The molecule has 1 aliphatic rings. The topological polar surface area (TPSA) is 58.2 Å². The first kappa shape index (κ1) is 29.0. The van der Waals surface area contributed by atoms with Gasteiger partial charge in [0.1, 0.15) is 0 Å². The summed E-state index contributed by atoms with van der Waals surface area (Å²) in [4.78, 5) is 24.9. The fourth-order valence-corrected chi connectivity index (χ4v) is 4.87. The van der Waals surface area contributed by atoms with Crippen molar-refractivity contribution in [2.75, 3.05) is 0 Å². The molecule has 2 atom stereocenters. The zero-order valence-corrected chi connectivity index (χ0v) is 21.5. The van der Waals surface area contributed by atoms with Gasteiger partial charge in [-0.3, -0.25) is 9.59 Å². The van der Waals surface area contributed by atoms with Crippen LogP contribution < -0.4 is 10.6 Å². The number of hydrogen-bond acceptors (Lipinski definition) is 2. The van der Waals surface area contributed by atoms with Crippen molar-refractivity contribution in [1.82, 2.24) is 10.6 Å². The lowest BCUT2D eigenvalue weighted by Crippen LogP contribution is -2.53. The lowest BCUT2D eigenvalue weighted by molar-refractivity contribution is -0.125. The fraction of sp³-hybridized carbons (Fsp3) is 0.929. The Kier molecular flexibility index (Phi) is 18.6. The van der Waals surface area contributed by atoms with E-state index in [4.69, 9.17) is 0 Å². The molecule has 0 aromatic carbocycles. The van der Waals surface area contributed by atoms with Gasteiger partial charge in [-0.25, -0.2) is 0 Å². The Balaban J connectivity index is 2.13. The highest BCUT2D eigenvalue weighted by Crippen LogP contribution is 2.20. The summed E-state index contributed by atoms with van der Waals surface area (Å²) in [5.41, 5.74) is 0. The molecule has 0 unspecified atom stereocenters. The van der Waals surface area contributed by atoms with Crippen molar-refractivity contribution in [3.05, 3.63) is 0 Å². The standard InChI is InChI=1S/C28H54N2O2/c1-3-5-7-9-11-13-15-17-23-27(31)29-25-21-19-20-22-26(25)30-28(32)24-18-16-14-12-10-8-6-4-2/h25-26H,3-24H2,1-2H3,(H,29,31)(H,30,32)/t25-,26-/m1/s1. The summed E-state index contributed by atoms with van der Waals surface area (Å²) in [7, 11) is 0. The van der Waals surface area contributed by atoms with Crippen molar-refractivity contribution >= 4 is 11.8 Å². The Hall–Kier alpha value is -1.06. The molecule has 0 aliphatic heterocycles. The molecular weight excluding hydrogens is 396 g/mol. The van der Waals surface area contributed by atoms with Crippen LogP contribution in [0, 0.1) is 0 Å². The lowest BCUT2D eigenvalue weighted by Gasteiger charge is -2.33. The lowest BCUT2D eigenvalue weighted by atomic mass is 9.90. The molecule has 0 radical (unpaired) electrons. The minimum absolute atomic E-state index is 0.118. The maximum atomic E-state index is 12.4. The van der Waals surface area contributed by atoms with Crippen LogP contribution in [-0.4, -0.2) is 23.9 Å². The highest BCUT2D eigenvalue weighted by atomic mass is 16.2. The summed E-state index contributed by atoms with van der Waals surface area (Å²) in [6, 6.07) is 0.237. The van der Waals surface area contributed by atoms with E-state index in [-0.39, 0.29) is 23.9 Å². The van der Waals surface area contributed by atoms with E-state index in [1.807, 2.05) is 0 Å². The highest BCUT2D eigenvalue weighted by molar-refractivity contribution is 5.77. The molecule has 1 aliphatic carbocycles. The minimum Gasteiger partial charge on any atom is -0.351 e. The number of hydrogen-bond donors (Lipinski definition) is 2. The van der Waals surface area contributed by atoms with Crippen LogP contribution >= 0.6 is 0 Å². The number of amides is 2. The largest absolute Gasteiger partial charge is 0.351 e. The molecule has 32 heavy (non-hydrogen) atoms. The molecule has 0 bridgehead atoms. The maximum absolute atomic E-state index is 12.4. The van der Waals surface area contributed by atoms with Crippen molar-refractivity contribution < 1.29 is 9.59 Å². The summed E-state index contributed by atoms with van der Waals surface area (Å²) >= 11 is 0. The van der Waals surface area contributed by atoms with Gasteiger partial charge in [0.15, 0.2) is 0 Å². The Bertz CT molecular complexity index is 424. The zero-order chi connectivity index (χ0) is 23.3. The van der Waals surface area contributed by atoms with Gasteiger partial charge in [0.2, 0.25) is 11.8 Å². The molecule has 0 aromatic rings. The van der Waals surface area contributed by atoms with Crippen molar-refractivity contribution in [2.45, 2.75) is 167 Å². The summed E-state index contributed by atoms with van der Waals surface area (Å²) in [5, 5.41) is 6.48. The molecule has 0 spiro atoms. The van der Waals surface area contributed by atoms with Gasteiger partial charge in [0, 0.05) is 24.9 Å². The van der Waals surface area contributed by atoms with E-state index in [1.54, 1.807) is 0 Å². The molecule has 4 heteroatoms. The van der Waals surface area contributed by atoms with Gasteiger partial charge >= 0.3 is 0 Å². The third-order valence-corrected chi connectivity index (χ3v) is 6.97. The first-order chi connectivity index (χ1) is 15.7. The predicted molar refractivity (Wildman–Crippen MR) is 137 cm³/mol. The third kappa shape index (κ3) is 15.7. The normalized spacial score (nSPS) is 18.4. The van der Waals surface area contributed by atoms with E-state index in [9.17, 15) is 9.59 Å². The van der Waals surface area contributed by atoms with Gasteiger partial charge in [0.05, 0.1) is 0 Å². The van der Waals surface area contributed by atoms with Gasteiger partial charge in [-0.1, -0.05) is 117 Å². The van der Waals surface area contributed by atoms with Crippen molar-refractivity contribution in [2.24, 2.45) is 0 Å². The van der Waals surface area contributed by atoms with E-state index in [1.165, 1.54) is 77.0 Å². The Morgan fingerprint density at radius 2 is 0.844 bits per heavy atom. The molecular formula is C28H54N2O2. The van der Waals surface area contributed by atoms with Crippen molar-refractivity contribution in [3.8, 4) is 0 Å². The van der Waals surface area contributed by atoms with Crippen molar-refractivity contribution in [1.29, 1.82) is 0 Å². The second kappa shape index (κ2) is 20.5. The summed E-state index contributed by atoms with van der Waals surface area (Å²) in [6.07, 6.45) is 25.6. The number of carbonyl (C=O) groups is 2. The van der Waals surface area contributed by atoms with Crippen LogP contribution in [0.1, 0.15) is 155 Å². The molecule has 1 fully saturated rings. The second-order valence-corrected chi connectivity index (χ2v) is 10.1. The summed E-state index contributed by atoms with van der Waals surface area (Å²) in [5.74, 6) is 0.343. The molecule has 0 aromatic heterocycles. The van der Waals surface area contributed by atoms with Gasteiger partial charge in [-0.15, -0.1) is 0 Å². The fourth-order valence-electron chi connectivity index (χ4n) is 4.87. The molecule has 1 rings (SSSR count). The van der Waals surface area contributed by atoms with Crippen LogP contribution in [0.2, 0.25) is 0 Å². The molecule has 2 N–H and O–H groups in total. The Morgan fingerprint density at radius 1 is 0.531 bits per heavy atom. The maximum Gasteiger partial charge on any atom is 0.220 e. The smallest absolute Gasteiger partial charge is 0.220 e. The van der Waals surface area contributed by atoms with Crippen LogP contribution in [0.4, 0.5) is 0 Å². The molecule has 2 amide bonds. The quantitative estimate of drug-likeness (QED) is 0.188. The molecule has 0 heterocycles.